The average Bonchev–Trinajstić information content (AvgIpc) is 2.83. The van der Waals surface area contributed by atoms with Gasteiger partial charge in [0.15, 0.2) is 0 Å². The van der Waals surface area contributed by atoms with Crippen LogP contribution in [-0.4, -0.2) is 15.5 Å². The van der Waals surface area contributed by atoms with Crippen LogP contribution in [0.3, 0.4) is 0 Å². The SMILES string of the molecule is Cn1cc(CC(=O)NCc2cccnc2)c2ccccc21. The number of rotatable bonds is 4. The number of aromatic nitrogens is 2. The summed E-state index contributed by atoms with van der Waals surface area (Å²) in [5.41, 5.74) is 3.20. The third-order valence-electron chi connectivity index (χ3n) is 3.54. The number of pyridine rings is 1. The summed E-state index contributed by atoms with van der Waals surface area (Å²) in [5, 5.41) is 4.07. The van der Waals surface area contributed by atoms with E-state index in [0.29, 0.717) is 13.0 Å². The molecule has 1 aromatic carbocycles. The Balaban J connectivity index is 1.69. The first-order valence-electron chi connectivity index (χ1n) is 6.92. The fraction of sp³-hybridized carbons (Fsp3) is 0.176. The van der Waals surface area contributed by atoms with Crippen molar-refractivity contribution in [1.82, 2.24) is 14.9 Å². The summed E-state index contributed by atoms with van der Waals surface area (Å²) in [7, 11) is 2.00. The standard InChI is InChI=1S/C17H17N3O/c1-20-12-14(15-6-2-3-7-16(15)20)9-17(21)19-11-13-5-4-8-18-10-13/h2-8,10,12H,9,11H2,1H3,(H,19,21). The minimum Gasteiger partial charge on any atom is -0.352 e. The summed E-state index contributed by atoms with van der Waals surface area (Å²) < 4.78 is 2.05. The Hall–Kier alpha value is -2.62. The van der Waals surface area contributed by atoms with Gasteiger partial charge in [-0.2, -0.15) is 0 Å². The van der Waals surface area contributed by atoms with Gasteiger partial charge < -0.3 is 9.88 Å². The second kappa shape index (κ2) is 5.79. The van der Waals surface area contributed by atoms with E-state index in [2.05, 4.69) is 27.0 Å². The van der Waals surface area contributed by atoms with Crippen molar-refractivity contribution >= 4 is 16.8 Å². The van der Waals surface area contributed by atoms with Gasteiger partial charge in [0.05, 0.1) is 6.42 Å². The van der Waals surface area contributed by atoms with E-state index in [0.717, 1.165) is 22.0 Å². The average molecular weight is 279 g/mol. The van der Waals surface area contributed by atoms with Crippen LogP contribution in [0.1, 0.15) is 11.1 Å². The van der Waals surface area contributed by atoms with Gasteiger partial charge in [-0.1, -0.05) is 24.3 Å². The molecule has 4 nitrogen and oxygen atoms in total. The lowest BCUT2D eigenvalue weighted by molar-refractivity contribution is -0.120. The molecule has 0 saturated heterocycles. The molecule has 0 aliphatic heterocycles. The number of nitrogens with zero attached hydrogens (tertiary/aromatic N) is 2. The molecule has 0 bridgehead atoms. The summed E-state index contributed by atoms with van der Waals surface area (Å²) in [5.74, 6) is 0.0233. The van der Waals surface area contributed by atoms with Crippen molar-refractivity contribution in [3.05, 3.63) is 66.1 Å². The molecule has 106 valence electrons. The van der Waals surface area contributed by atoms with Gasteiger partial charge in [0.25, 0.3) is 0 Å². The van der Waals surface area contributed by atoms with Gasteiger partial charge in [-0.3, -0.25) is 9.78 Å². The number of hydrogen-bond acceptors (Lipinski definition) is 2. The highest BCUT2D eigenvalue weighted by atomic mass is 16.1. The zero-order chi connectivity index (χ0) is 14.7. The van der Waals surface area contributed by atoms with Gasteiger partial charge in [0.1, 0.15) is 0 Å². The molecule has 3 rings (SSSR count). The van der Waals surface area contributed by atoms with E-state index >= 15 is 0 Å². The summed E-state index contributed by atoms with van der Waals surface area (Å²) in [6.45, 7) is 0.511. The molecule has 0 spiro atoms. The van der Waals surface area contributed by atoms with Crippen LogP contribution in [0.4, 0.5) is 0 Å². The topological polar surface area (TPSA) is 46.9 Å². The smallest absolute Gasteiger partial charge is 0.224 e. The van der Waals surface area contributed by atoms with E-state index in [1.165, 1.54) is 0 Å². The molecular weight excluding hydrogens is 262 g/mol. The van der Waals surface area contributed by atoms with Gasteiger partial charge in [0, 0.05) is 43.1 Å². The molecule has 0 radical (unpaired) electrons. The van der Waals surface area contributed by atoms with Crippen LogP contribution in [0, 0.1) is 0 Å². The van der Waals surface area contributed by atoms with Gasteiger partial charge >= 0.3 is 0 Å². The number of aryl methyl sites for hydroxylation is 1. The van der Waals surface area contributed by atoms with Crippen LogP contribution in [0.2, 0.25) is 0 Å². The third kappa shape index (κ3) is 2.94. The monoisotopic (exact) mass is 279 g/mol. The lowest BCUT2D eigenvalue weighted by Crippen LogP contribution is -2.24. The highest BCUT2D eigenvalue weighted by molar-refractivity contribution is 5.89. The fourth-order valence-corrected chi connectivity index (χ4v) is 2.51. The molecule has 21 heavy (non-hydrogen) atoms. The Labute approximate surface area is 123 Å². The zero-order valence-electron chi connectivity index (χ0n) is 11.9. The van der Waals surface area contributed by atoms with E-state index in [-0.39, 0.29) is 5.91 Å². The zero-order valence-corrected chi connectivity index (χ0v) is 11.9. The Morgan fingerprint density at radius 2 is 2.10 bits per heavy atom. The number of hydrogen-bond donors (Lipinski definition) is 1. The highest BCUT2D eigenvalue weighted by Gasteiger charge is 2.10. The van der Waals surface area contributed by atoms with Crippen molar-refractivity contribution in [3.8, 4) is 0 Å². The Morgan fingerprint density at radius 1 is 1.24 bits per heavy atom. The lowest BCUT2D eigenvalue weighted by Gasteiger charge is -2.04. The fourth-order valence-electron chi connectivity index (χ4n) is 2.51. The van der Waals surface area contributed by atoms with Gasteiger partial charge in [0.2, 0.25) is 5.91 Å². The first-order chi connectivity index (χ1) is 10.2. The van der Waals surface area contributed by atoms with E-state index in [1.54, 1.807) is 12.4 Å². The molecule has 0 atom stereocenters. The van der Waals surface area contributed by atoms with Gasteiger partial charge in [-0.15, -0.1) is 0 Å². The number of fused-ring (bicyclic) bond motifs is 1. The third-order valence-corrected chi connectivity index (χ3v) is 3.54. The second-order valence-electron chi connectivity index (χ2n) is 5.10. The first kappa shape index (κ1) is 13.4. The van der Waals surface area contributed by atoms with E-state index < -0.39 is 0 Å². The molecule has 1 amide bonds. The molecule has 0 aliphatic rings. The van der Waals surface area contributed by atoms with E-state index in [9.17, 15) is 4.79 Å². The van der Waals surface area contributed by atoms with Crippen LogP contribution in [-0.2, 0) is 24.8 Å². The summed E-state index contributed by atoms with van der Waals surface area (Å²) >= 11 is 0. The minimum atomic E-state index is 0.0233. The number of carbonyl (C=O) groups is 1. The van der Waals surface area contributed by atoms with Crippen LogP contribution in [0.25, 0.3) is 10.9 Å². The van der Waals surface area contributed by atoms with Crippen molar-refractivity contribution in [2.24, 2.45) is 7.05 Å². The highest BCUT2D eigenvalue weighted by Crippen LogP contribution is 2.20. The van der Waals surface area contributed by atoms with Crippen LogP contribution in [0.15, 0.2) is 55.0 Å². The Bertz CT molecular complexity index is 762. The lowest BCUT2D eigenvalue weighted by atomic mass is 10.1. The molecule has 4 heteroatoms. The van der Waals surface area contributed by atoms with Gasteiger partial charge in [-0.05, 0) is 23.3 Å². The number of amides is 1. The molecule has 2 aromatic heterocycles. The van der Waals surface area contributed by atoms with Crippen LogP contribution >= 0.6 is 0 Å². The predicted molar refractivity (Wildman–Crippen MR) is 82.7 cm³/mol. The quantitative estimate of drug-likeness (QED) is 0.797. The van der Waals surface area contributed by atoms with E-state index in [4.69, 9.17) is 0 Å². The Morgan fingerprint density at radius 3 is 2.90 bits per heavy atom. The molecule has 0 unspecified atom stereocenters. The number of benzene rings is 1. The first-order valence-corrected chi connectivity index (χ1v) is 6.92. The maximum atomic E-state index is 12.1. The number of nitrogens with one attached hydrogen (secondary N) is 1. The van der Waals surface area contributed by atoms with Crippen LogP contribution in [0.5, 0.6) is 0 Å². The van der Waals surface area contributed by atoms with E-state index in [1.807, 2.05) is 37.5 Å². The largest absolute Gasteiger partial charge is 0.352 e. The predicted octanol–water partition coefficient (Wildman–Crippen LogP) is 2.43. The van der Waals surface area contributed by atoms with Crippen molar-refractivity contribution in [3.63, 3.8) is 0 Å². The van der Waals surface area contributed by atoms with Gasteiger partial charge in [-0.25, -0.2) is 0 Å². The summed E-state index contributed by atoms with van der Waals surface area (Å²) in [6.07, 6.45) is 5.90. The summed E-state index contributed by atoms with van der Waals surface area (Å²) in [4.78, 5) is 16.1. The van der Waals surface area contributed by atoms with Crippen LogP contribution < -0.4 is 5.32 Å². The Kier molecular flexibility index (Phi) is 3.69. The van der Waals surface area contributed by atoms with Crippen molar-refractivity contribution in [2.75, 3.05) is 0 Å². The molecule has 1 N–H and O–H groups in total. The van der Waals surface area contributed by atoms with Crippen molar-refractivity contribution in [2.45, 2.75) is 13.0 Å². The number of carbonyl (C=O) groups excluding carboxylic acids is 1. The maximum absolute atomic E-state index is 12.1. The molecule has 0 saturated carbocycles. The minimum absolute atomic E-state index is 0.0233. The number of para-hydroxylation sites is 1. The second-order valence-corrected chi connectivity index (χ2v) is 5.10. The normalized spacial score (nSPS) is 10.7. The van der Waals surface area contributed by atoms with Crippen molar-refractivity contribution < 1.29 is 4.79 Å². The molecule has 0 fully saturated rings. The maximum Gasteiger partial charge on any atom is 0.224 e. The van der Waals surface area contributed by atoms with Crippen molar-refractivity contribution in [1.29, 1.82) is 0 Å². The molecule has 0 aliphatic carbocycles. The molecular formula is C17H17N3O. The molecule has 3 aromatic rings. The summed E-state index contributed by atoms with van der Waals surface area (Å²) in [6, 6.07) is 11.9. The molecule has 2 heterocycles.